The van der Waals surface area contributed by atoms with Gasteiger partial charge in [-0.1, -0.05) is 6.92 Å². The van der Waals surface area contributed by atoms with E-state index in [0.29, 0.717) is 24.6 Å². The number of rotatable bonds is 3. The van der Waals surface area contributed by atoms with Crippen LogP contribution in [-0.2, 0) is 6.18 Å². The zero-order chi connectivity index (χ0) is 14.8. The minimum atomic E-state index is -4.61. The molecule has 1 aromatic rings. The summed E-state index contributed by atoms with van der Waals surface area (Å²) in [7, 11) is 0. The first kappa shape index (κ1) is 15.5. The molecule has 0 atom stereocenters. The van der Waals surface area contributed by atoms with Crippen LogP contribution in [0.5, 0.6) is 0 Å². The Kier molecular flexibility index (Phi) is 4.22. The minimum Gasteiger partial charge on any atom is -0.347 e. The second-order valence-corrected chi connectivity index (χ2v) is 4.88. The fourth-order valence-electron chi connectivity index (χ4n) is 1.34. The molecule has 0 bridgehead atoms. The Hall–Kier alpha value is -1.59. The second-order valence-electron chi connectivity index (χ2n) is 4.88. The van der Waals surface area contributed by atoms with E-state index in [9.17, 15) is 22.4 Å². The number of hydrogen-bond donors (Lipinski definition) is 1. The van der Waals surface area contributed by atoms with Gasteiger partial charge in [0.1, 0.15) is 5.82 Å². The molecule has 0 aliphatic rings. The summed E-state index contributed by atoms with van der Waals surface area (Å²) < 4.78 is 51.0. The van der Waals surface area contributed by atoms with Gasteiger partial charge in [-0.05, 0) is 38.5 Å². The Morgan fingerprint density at radius 3 is 2.32 bits per heavy atom. The maximum absolute atomic E-state index is 13.5. The van der Waals surface area contributed by atoms with Crippen molar-refractivity contribution < 1.29 is 22.4 Å². The van der Waals surface area contributed by atoms with Gasteiger partial charge < -0.3 is 5.32 Å². The monoisotopic (exact) mass is 277 g/mol. The van der Waals surface area contributed by atoms with Crippen LogP contribution in [0.25, 0.3) is 0 Å². The molecule has 0 aliphatic heterocycles. The minimum absolute atomic E-state index is 0.524. The van der Waals surface area contributed by atoms with Crippen LogP contribution in [0.4, 0.5) is 17.6 Å². The van der Waals surface area contributed by atoms with Crippen molar-refractivity contribution in [2.75, 3.05) is 0 Å². The zero-order valence-electron chi connectivity index (χ0n) is 10.9. The standard InChI is InChI=1S/C13H15F4NO/c1-4-12(2,3)18-11(19)9-7-8(13(15,16)17)5-6-10(9)14/h5-7H,4H2,1-3H3,(H,18,19). The van der Waals surface area contributed by atoms with Crippen LogP contribution < -0.4 is 5.32 Å². The number of carbonyl (C=O) groups is 1. The lowest BCUT2D eigenvalue weighted by Gasteiger charge is -2.24. The number of hydrogen-bond acceptors (Lipinski definition) is 1. The lowest BCUT2D eigenvalue weighted by atomic mass is 10.0. The molecule has 0 saturated heterocycles. The van der Waals surface area contributed by atoms with Crippen molar-refractivity contribution in [3.8, 4) is 0 Å². The van der Waals surface area contributed by atoms with Crippen molar-refractivity contribution in [3.05, 3.63) is 35.1 Å². The Bertz CT molecular complexity index is 480. The number of amides is 1. The molecule has 106 valence electrons. The van der Waals surface area contributed by atoms with Gasteiger partial charge in [-0.15, -0.1) is 0 Å². The summed E-state index contributed by atoms with van der Waals surface area (Å²) in [6, 6.07) is 1.78. The van der Waals surface area contributed by atoms with E-state index in [1.54, 1.807) is 13.8 Å². The van der Waals surface area contributed by atoms with Crippen LogP contribution in [0.15, 0.2) is 18.2 Å². The molecule has 1 N–H and O–H groups in total. The first-order valence-corrected chi connectivity index (χ1v) is 5.76. The molecule has 0 radical (unpaired) electrons. The SMILES string of the molecule is CCC(C)(C)NC(=O)c1cc(C(F)(F)F)ccc1F. The molecule has 0 fully saturated rings. The van der Waals surface area contributed by atoms with Crippen molar-refractivity contribution in [1.82, 2.24) is 5.32 Å². The summed E-state index contributed by atoms with van der Waals surface area (Å²) >= 11 is 0. The predicted molar refractivity (Wildman–Crippen MR) is 63.2 cm³/mol. The van der Waals surface area contributed by atoms with Gasteiger partial charge in [0.25, 0.3) is 5.91 Å². The normalized spacial score (nSPS) is 12.4. The third-order valence-corrected chi connectivity index (χ3v) is 2.87. The topological polar surface area (TPSA) is 29.1 Å². The number of alkyl halides is 3. The predicted octanol–water partition coefficient (Wildman–Crippen LogP) is 3.76. The van der Waals surface area contributed by atoms with Gasteiger partial charge in [0.15, 0.2) is 0 Å². The Labute approximate surface area is 108 Å². The molecule has 0 saturated carbocycles. The first-order chi connectivity index (χ1) is 8.57. The molecule has 1 rings (SSSR count). The lowest BCUT2D eigenvalue weighted by molar-refractivity contribution is -0.137. The molecule has 0 aliphatic carbocycles. The molecular formula is C13H15F4NO. The highest BCUT2D eigenvalue weighted by atomic mass is 19.4. The molecular weight excluding hydrogens is 262 g/mol. The largest absolute Gasteiger partial charge is 0.416 e. The highest BCUT2D eigenvalue weighted by Gasteiger charge is 2.32. The average molecular weight is 277 g/mol. The zero-order valence-corrected chi connectivity index (χ0v) is 10.9. The molecule has 1 aromatic carbocycles. The number of halogens is 4. The van der Waals surface area contributed by atoms with E-state index in [2.05, 4.69) is 5.32 Å². The summed E-state index contributed by atoms with van der Waals surface area (Å²) in [5.41, 5.74) is -2.26. The fraction of sp³-hybridized carbons (Fsp3) is 0.462. The van der Waals surface area contributed by atoms with Gasteiger partial charge in [0.2, 0.25) is 0 Å². The van der Waals surface area contributed by atoms with Crippen molar-refractivity contribution in [3.63, 3.8) is 0 Å². The smallest absolute Gasteiger partial charge is 0.347 e. The van der Waals surface area contributed by atoms with Crippen molar-refractivity contribution >= 4 is 5.91 Å². The summed E-state index contributed by atoms with van der Waals surface area (Å²) in [5.74, 6) is -1.83. The molecule has 0 unspecified atom stereocenters. The summed E-state index contributed by atoms with van der Waals surface area (Å²) in [4.78, 5) is 11.8. The second kappa shape index (κ2) is 5.19. The highest BCUT2D eigenvalue weighted by molar-refractivity contribution is 5.95. The van der Waals surface area contributed by atoms with E-state index in [1.807, 2.05) is 6.92 Å². The lowest BCUT2D eigenvalue weighted by Crippen LogP contribution is -2.43. The summed E-state index contributed by atoms with van der Waals surface area (Å²) in [6.45, 7) is 5.22. The number of carbonyl (C=O) groups excluding carboxylic acids is 1. The highest BCUT2D eigenvalue weighted by Crippen LogP contribution is 2.30. The Morgan fingerprint density at radius 1 is 1.26 bits per heavy atom. The van der Waals surface area contributed by atoms with Gasteiger partial charge in [-0.2, -0.15) is 13.2 Å². The van der Waals surface area contributed by atoms with Crippen LogP contribution in [-0.4, -0.2) is 11.4 Å². The van der Waals surface area contributed by atoms with Crippen LogP contribution in [0.2, 0.25) is 0 Å². The first-order valence-electron chi connectivity index (χ1n) is 5.76. The van der Waals surface area contributed by atoms with E-state index >= 15 is 0 Å². The maximum Gasteiger partial charge on any atom is 0.416 e. The van der Waals surface area contributed by atoms with E-state index < -0.39 is 34.6 Å². The molecule has 19 heavy (non-hydrogen) atoms. The van der Waals surface area contributed by atoms with E-state index in [-0.39, 0.29) is 0 Å². The van der Waals surface area contributed by atoms with Crippen LogP contribution in [0.1, 0.15) is 43.1 Å². The third-order valence-electron chi connectivity index (χ3n) is 2.87. The van der Waals surface area contributed by atoms with Crippen LogP contribution in [0.3, 0.4) is 0 Å². The number of nitrogens with one attached hydrogen (secondary N) is 1. The van der Waals surface area contributed by atoms with Gasteiger partial charge in [-0.3, -0.25) is 4.79 Å². The van der Waals surface area contributed by atoms with E-state index in [4.69, 9.17) is 0 Å². The molecule has 6 heteroatoms. The van der Waals surface area contributed by atoms with Crippen LogP contribution >= 0.6 is 0 Å². The van der Waals surface area contributed by atoms with Crippen LogP contribution in [0, 0.1) is 5.82 Å². The number of benzene rings is 1. The van der Waals surface area contributed by atoms with E-state index in [0.717, 1.165) is 0 Å². The molecule has 0 aromatic heterocycles. The van der Waals surface area contributed by atoms with Crippen molar-refractivity contribution in [2.45, 2.75) is 38.9 Å². The maximum atomic E-state index is 13.5. The third kappa shape index (κ3) is 3.94. The summed E-state index contributed by atoms with van der Waals surface area (Å²) in [5, 5.41) is 2.50. The average Bonchev–Trinajstić information content (AvgIpc) is 2.27. The molecule has 1 amide bonds. The Morgan fingerprint density at radius 2 is 1.84 bits per heavy atom. The summed E-state index contributed by atoms with van der Waals surface area (Å²) in [6.07, 6.45) is -4.04. The van der Waals surface area contributed by atoms with Gasteiger partial charge in [-0.25, -0.2) is 4.39 Å². The molecule has 2 nitrogen and oxygen atoms in total. The van der Waals surface area contributed by atoms with Gasteiger partial charge in [0, 0.05) is 5.54 Å². The fourth-order valence-corrected chi connectivity index (χ4v) is 1.34. The van der Waals surface area contributed by atoms with Crippen molar-refractivity contribution in [2.24, 2.45) is 0 Å². The molecule has 0 spiro atoms. The van der Waals surface area contributed by atoms with Gasteiger partial charge >= 0.3 is 6.18 Å². The van der Waals surface area contributed by atoms with Gasteiger partial charge in [0.05, 0.1) is 11.1 Å². The molecule has 0 heterocycles. The Balaban J connectivity index is 3.10. The van der Waals surface area contributed by atoms with E-state index in [1.165, 1.54) is 0 Å². The van der Waals surface area contributed by atoms with Crippen molar-refractivity contribution in [1.29, 1.82) is 0 Å². The quantitative estimate of drug-likeness (QED) is 0.837.